The number of fused-ring (bicyclic) bond motifs is 1. The highest BCUT2D eigenvalue weighted by atomic mass is 35.5. The van der Waals surface area contributed by atoms with Crippen molar-refractivity contribution in [2.45, 2.75) is 13.3 Å². The van der Waals surface area contributed by atoms with Crippen LogP contribution in [0, 0.1) is 0 Å². The van der Waals surface area contributed by atoms with Crippen molar-refractivity contribution in [1.82, 2.24) is 20.0 Å². The molecule has 96 valence electrons. The molecule has 2 aromatic heterocycles. The van der Waals surface area contributed by atoms with Crippen LogP contribution in [0.25, 0.3) is 22.3 Å². The van der Waals surface area contributed by atoms with Crippen molar-refractivity contribution in [2.24, 2.45) is 7.05 Å². The summed E-state index contributed by atoms with van der Waals surface area (Å²) in [5.74, 6) is 0. The summed E-state index contributed by atoms with van der Waals surface area (Å²) in [5, 5.41) is 14.5. The van der Waals surface area contributed by atoms with Crippen LogP contribution in [0.3, 0.4) is 0 Å². The Morgan fingerprint density at radius 2 is 1.89 bits per heavy atom. The Hall–Kier alpha value is -1.94. The van der Waals surface area contributed by atoms with Gasteiger partial charge in [-0.05, 0) is 6.42 Å². The first-order valence-corrected chi connectivity index (χ1v) is 6.53. The van der Waals surface area contributed by atoms with Gasteiger partial charge in [-0.2, -0.15) is 5.10 Å². The maximum Gasteiger partial charge on any atom is 0.181 e. The first-order valence-electron chi connectivity index (χ1n) is 6.15. The van der Waals surface area contributed by atoms with Crippen molar-refractivity contribution in [3.05, 3.63) is 41.0 Å². The minimum absolute atomic E-state index is 0.626. The van der Waals surface area contributed by atoms with Gasteiger partial charge < -0.3 is 0 Å². The molecule has 0 atom stereocenters. The molecule has 0 N–H and O–H groups in total. The smallest absolute Gasteiger partial charge is 0.181 e. The number of hydrogen-bond donors (Lipinski definition) is 0. The maximum absolute atomic E-state index is 6.52. The summed E-state index contributed by atoms with van der Waals surface area (Å²) < 4.78 is 1.72. The lowest BCUT2D eigenvalue weighted by molar-refractivity contribution is 0.756. The van der Waals surface area contributed by atoms with Gasteiger partial charge in [0.25, 0.3) is 0 Å². The molecule has 5 heteroatoms. The standard InChI is InChI=1S/C14H13ClN4/c1-3-10-11-12(15)13(9-7-5-4-6-8-9)16-17-14(11)19(2)18-10/h4-8H,3H2,1-2H3. The zero-order chi connectivity index (χ0) is 13.4. The van der Waals surface area contributed by atoms with Gasteiger partial charge in [0.2, 0.25) is 0 Å². The van der Waals surface area contributed by atoms with Crippen molar-refractivity contribution in [2.75, 3.05) is 0 Å². The highest BCUT2D eigenvalue weighted by Crippen LogP contribution is 2.32. The van der Waals surface area contributed by atoms with Crippen LogP contribution >= 0.6 is 11.6 Å². The van der Waals surface area contributed by atoms with Crippen LogP contribution in [0.2, 0.25) is 5.02 Å². The van der Waals surface area contributed by atoms with Crippen LogP contribution in [0.1, 0.15) is 12.6 Å². The molecule has 4 nitrogen and oxygen atoms in total. The lowest BCUT2D eigenvalue weighted by atomic mass is 10.1. The van der Waals surface area contributed by atoms with Gasteiger partial charge in [-0.25, -0.2) is 4.68 Å². The van der Waals surface area contributed by atoms with Gasteiger partial charge in [0.1, 0.15) is 5.69 Å². The number of aromatic nitrogens is 4. The highest BCUT2D eigenvalue weighted by Gasteiger charge is 2.17. The molecular weight excluding hydrogens is 260 g/mol. The van der Waals surface area contributed by atoms with E-state index in [0.717, 1.165) is 28.7 Å². The molecule has 0 saturated carbocycles. The van der Waals surface area contributed by atoms with Gasteiger partial charge in [-0.1, -0.05) is 48.9 Å². The second-order valence-corrected chi connectivity index (χ2v) is 4.73. The largest absolute Gasteiger partial charge is 0.249 e. The molecule has 0 amide bonds. The lowest BCUT2D eigenvalue weighted by Crippen LogP contribution is -1.95. The van der Waals surface area contributed by atoms with E-state index in [-0.39, 0.29) is 0 Å². The molecule has 0 radical (unpaired) electrons. The number of hydrogen-bond acceptors (Lipinski definition) is 3. The van der Waals surface area contributed by atoms with E-state index in [1.165, 1.54) is 0 Å². The second kappa shape index (κ2) is 4.63. The Morgan fingerprint density at radius 3 is 2.58 bits per heavy atom. The third-order valence-electron chi connectivity index (χ3n) is 3.14. The van der Waals surface area contributed by atoms with E-state index in [9.17, 15) is 0 Å². The van der Waals surface area contributed by atoms with Gasteiger partial charge in [-0.15, -0.1) is 10.2 Å². The van der Waals surface area contributed by atoms with Gasteiger partial charge in [0.05, 0.1) is 16.1 Å². The normalized spacial score (nSPS) is 11.1. The Morgan fingerprint density at radius 1 is 1.16 bits per heavy atom. The summed E-state index contributed by atoms with van der Waals surface area (Å²) in [4.78, 5) is 0. The molecule has 2 heterocycles. The molecule has 0 unspecified atom stereocenters. The number of rotatable bonds is 2. The molecule has 0 aliphatic carbocycles. The zero-order valence-electron chi connectivity index (χ0n) is 10.8. The van der Waals surface area contributed by atoms with E-state index in [2.05, 4.69) is 22.2 Å². The number of nitrogens with zero attached hydrogens (tertiary/aromatic N) is 4. The van der Waals surface area contributed by atoms with Gasteiger partial charge in [-0.3, -0.25) is 0 Å². The fraction of sp³-hybridized carbons (Fsp3) is 0.214. The zero-order valence-corrected chi connectivity index (χ0v) is 11.5. The van der Waals surface area contributed by atoms with Crippen molar-refractivity contribution in [3.63, 3.8) is 0 Å². The molecule has 3 aromatic rings. The Labute approximate surface area is 116 Å². The quantitative estimate of drug-likeness (QED) is 0.719. The van der Waals surface area contributed by atoms with Gasteiger partial charge >= 0.3 is 0 Å². The molecule has 0 saturated heterocycles. The molecular formula is C14H13ClN4. The van der Waals surface area contributed by atoms with E-state index < -0.39 is 0 Å². The van der Waals surface area contributed by atoms with Crippen LogP contribution in [-0.2, 0) is 13.5 Å². The molecule has 0 fully saturated rings. The van der Waals surface area contributed by atoms with Crippen LogP contribution in [0.15, 0.2) is 30.3 Å². The first-order chi connectivity index (χ1) is 9.22. The fourth-order valence-electron chi connectivity index (χ4n) is 2.20. The lowest BCUT2D eigenvalue weighted by Gasteiger charge is -2.04. The predicted molar refractivity (Wildman–Crippen MR) is 76.1 cm³/mol. The first kappa shape index (κ1) is 12.1. The highest BCUT2D eigenvalue weighted by molar-refractivity contribution is 6.37. The van der Waals surface area contributed by atoms with Crippen LogP contribution in [0.5, 0.6) is 0 Å². The topological polar surface area (TPSA) is 43.6 Å². The van der Waals surface area contributed by atoms with Crippen molar-refractivity contribution in [3.8, 4) is 11.3 Å². The fourth-order valence-corrected chi connectivity index (χ4v) is 2.54. The van der Waals surface area contributed by atoms with E-state index in [1.54, 1.807) is 4.68 Å². The Kier molecular flexibility index (Phi) is 2.95. The SMILES string of the molecule is CCc1nn(C)c2nnc(-c3ccccc3)c(Cl)c12. The molecule has 0 aliphatic rings. The van der Waals surface area contributed by atoms with E-state index >= 15 is 0 Å². The summed E-state index contributed by atoms with van der Waals surface area (Å²) in [5.41, 5.74) is 3.35. The summed E-state index contributed by atoms with van der Waals surface area (Å²) in [6.45, 7) is 2.06. The van der Waals surface area contributed by atoms with Gasteiger partial charge in [0, 0.05) is 12.6 Å². The molecule has 19 heavy (non-hydrogen) atoms. The van der Waals surface area contributed by atoms with E-state index in [0.29, 0.717) is 10.7 Å². The predicted octanol–water partition coefficient (Wildman–Crippen LogP) is 3.25. The van der Waals surface area contributed by atoms with E-state index in [4.69, 9.17) is 11.6 Å². The van der Waals surface area contributed by atoms with Crippen LogP contribution in [0.4, 0.5) is 0 Å². The monoisotopic (exact) mass is 272 g/mol. The Bertz CT molecular complexity index is 734. The minimum atomic E-state index is 0.626. The molecule has 0 spiro atoms. The second-order valence-electron chi connectivity index (χ2n) is 4.35. The molecule has 1 aromatic carbocycles. The summed E-state index contributed by atoms with van der Waals surface area (Å²) in [6.07, 6.45) is 0.816. The Balaban J connectivity index is 2.32. The van der Waals surface area contributed by atoms with E-state index in [1.807, 2.05) is 37.4 Å². The minimum Gasteiger partial charge on any atom is -0.249 e. The van der Waals surface area contributed by atoms with Crippen LogP contribution in [-0.4, -0.2) is 20.0 Å². The third kappa shape index (κ3) is 1.88. The molecule has 3 rings (SSSR count). The average Bonchev–Trinajstić information content (AvgIpc) is 2.78. The number of halogens is 1. The summed E-state index contributed by atoms with van der Waals surface area (Å²) in [6, 6.07) is 9.83. The van der Waals surface area contributed by atoms with Crippen molar-refractivity contribution >= 4 is 22.6 Å². The maximum atomic E-state index is 6.52. The van der Waals surface area contributed by atoms with Crippen LogP contribution < -0.4 is 0 Å². The van der Waals surface area contributed by atoms with Gasteiger partial charge in [0.15, 0.2) is 5.65 Å². The number of aryl methyl sites for hydroxylation is 2. The van der Waals surface area contributed by atoms with Crippen molar-refractivity contribution < 1.29 is 0 Å². The third-order valence-corrected chi connectivity index (χ3v) is 3.51. The summed E-state index contributed by atoms with van der Waals surface area (Å²) >= 11 is 6.52. The average molecular weight is 273 g/mol. The number of benzene rings is 1. The molecule has 0 bridgehead atoms. The molecule has 0 aliphatic heterocycles. The summed E-state index contributed by atoms with van der Waals surface area (Å²) in [7, 11) is 1.86. The van der Waals surface area contributed by atoms with Crippen molar-refractivity contribution in [1.29, 1.82) is 0 Å².